The molecule has 0 unspecified atom stereocenters. The number of para-hydroxylation sites is 1. The van der Waals surface area contributed by atoms with Crippen LogP contribution >= 0.6 is 11.8 Å². The third-order valence-corrected chi connectivity index (χ3v) is 5.54. The van der Waals surface area contributed by atoms with Gasteiger partial charge in [-0.1, -0.05) is 23.9 Å². The molecule has 2 aromatic heterocycles. The number of thioether (sulfide) groups is 1. The van der Waals surface area contributed by atoms with Crippen LogP contribution in [0.1, 0.15) is 18.5 Å². The van der Waals surface area contributed by atoms with Gasteiger partial charge in [-0.25, -0.2) is 4.68 Å². The summed E-state index contributed by atoms with van der Waals surface area (Å²) in [5.41, 5.74) is 4.19. The number of nitrogens with one attached hydrogen (secondary N) is 1. The number of nitro groups is 1. The molecule has 10 nitrogen and oxygen atoms in total. The average molecular weight is 412 g/mol. The van der Waals surface area contributed by atoms with Crippen molar-refractivity contribution in [2.45, 2.75) is 23.4 Å². The lowest BCUT2D eigenvalue weighted by molar-refractivity contribution is -0.385. The van der Waals surface area contributed by atoms with E-state index in [0.717, 1.165) is 17.3 Å². The van der Waals surface area contributed by atoms with Gasteiger partial charge < -0.3 is 10.2 Å². The molecule has 3 aromatic rings. The first-order valence-corrected chi connectivity index (χ1v) is 9.67. The van der Waals surface area contributed by atoms with Crippen LogP contribution in [0.25, 0.3) is 11.4 Å². The largest absolute Gasteiger partial charge is 0.465 e. The zero-order valence-electron chi connectivity index (χ0n) is 15.3. The number of esters is 1. The average Bonchev–Trinajstić information content (AvgIpc) is 3.16. The minimum absolute atomic E-state index is 0.0839. The molecule has 3 heterocycles. The first kappa shape index (κ1) is 18.9. The second kappa shape index (κ2) is 7.87. The van der Waals surface area contributed by atoms with Crippen LogP contribution in [-0.4, -0.2) is 42.6 Å². The highest BCUT2D eigenvalue weighted by Crippen LogP contribution is 2.41. The topological polar surface area (TPSA) is 125 Å². The zero-order chi connectivity index (χ0) is 20.4. The van der Waals surface area contributed by atoms with Crippen LogP contribution in [-0.2, 0) is 9.53 Å². The first-order valence-electron chi connectivity index (χ1n) is 8.79. The highest BCUT2D eigenvalue weighted by molar-refractivity contribution is 8.00. The summed E-state index contributed by atoms with van der Waals surface area (Å²) in [4.78, 5) is 27.8. The maximum absolute atomic E-state index is 12.6. The van der Waals surface area contributed by atoms with Crippen molar-refractivity contribution in [2.24, 2.45) is 0 Å². The summed E-state index contributed by atoms with van der Waals surface area (Å²) in [6.45, 7) is 1.91. The summed E-state index contributed by atoms with van der Waals surface area (Å²) in [7, 11) is 0. The number of carbonyl (C=O) groups is 1. The van der Waals surface area contributed by atoms with Crippen molar-refractivity contribution >= 4 is 23.4 Å². The molecule has 4 rings (SSSR count). The number of aromatic nitrogens is 4. The fourth-order valence-corrected chi connectivity index (χ4v) is 4.16. The molecule has 0 saturated heterocycles. The normalized spacial score (nSPS) is 17.8. The number of pyridine rings is 1. The van der Waals surface area contributed by atoms with E-state index < -0.39 is 22.2 Å². The Labute approximate surface area is 169 Å². The van der Waals surface area contributed by atoms with Gasteiger partial charge in [-0.05, 0) is 25.1 Å². The predicted molar refractivity (Wildman–Crippen MR) is 105 cm³/mol. The molecule has 29 heavy (non-hydrogen) atoms. The molecular weight excluding hydrogens is 396 g/mol. The Balaban J connectivity index is 1.81. The lowest BCUT2D eigenvalue weighted by Crippen LogP contribution is -2.40. The molecule has 11 heteroatoms. The van der Waals surface area contributed by atoms with Crippen LogP contribution in [0.15, 0.2) is 53.9 Å². The summed E-state index contributed by atoms with van der Waals surface area (Å²) in [6, 6.07) is 9.19. The second-order valence-corrected chi connectivity index (χ2v) is 7.21. The molecular formula is C18H16N6O4S. The number of hydrogen-bond donors (Lipinski definition) is 1. The minimum atomic E-state index is -0.769. The van der Waals surface area contributed by atoms with Crippen molar-refractivity contribution in [3.05, 3.63) is 64.5 Å². The minimum Gasteiger partial charge on any atom is -0.465 e. The number of ether oxygens (including phenoxy) is 1. The number of benzene rings is 1. The van der Waals surface area contributed by atoms with Gasteiger partial charge in [0.2, 0.25) is 5.16 Å². The Kier molecular flexibility index (Phi) is 5.12. The number of fused-ring (bicyclic) bond motifs is 1. The van der Waals surface area contributed by atoms with E-state index in [0.29, 0.717) is 16.5 Å². The van der Waals surface area contributed by atoms with Gasteiger partial charge >= 0.3 is 5.97 Å². The molecule has 0 bridgehead atoms. The molecule has 148 valence electrons. The van der Waals surface area contributed by atoms with Gasteiger partial charge in [0.1, 0.15) is 5.25 Å². The summed E-state index contributed by atoms with van der Waals surface area (Å²) < 4.78 is 6.83. The van der Waals surface area contributed by atoms with Crippen LogP contribution in [0.2, 0.25) is 0 Å². The van der Waals surface area contributed by atoms with Crippen LogP contribution in [0, 0.1) is 10.1 Å². The monoisotopic (exact) mass is 412 g/mol. The van der Waals surface area contributed by atoms with Gasteiger partial charge in [0.25, 0.3) is 5.69 Å². The highest BCUT2D eigenvalue weighted by atomic mass is 32.2. The van der Waals surface area contributed by atoms with Crippen LogP contribution in [0.5, 0.6) is 0 Å². The van der Waals surface area contributed by atoms with E-state index in [1.807, 2.05) is 6.07 Å². The fourth-order valence-electron chi connectivity index (χ4n) is 3.09. The van der Waals surface area contributed by atoms with Gasteiger partial charge in [0.05, 0.1) is 23.1 Å². The zero-order valence-corrected chi connectivity index (χ0v) is 16.1. The molecule has 0 saturated carbocycles. The Bertz CT molecular complexity index is 1060. The third kappa shape index (κ3) is 3.51. The molecule has 0 radical (unpaired) electrons. The maximum Gasteiger partial charge on any atom is 0.322 e. The highest BCUT2D eigenvalue weighted by Gasteiger charge is 2.41. The molecule has 0 fully saturated rings. The van der Waals surface area contributed by atoms with Crippen molar-refractivity contribution in [1.29, 1.82) is 0 Å². The molecule has 0 amide bonds. The Hall–Kier alpha value is -3.47. The molecule has 1 aromatic carbocycles. The quantitative estimate of drug-likeness (QED) is 0.382. The summed E-state index contributed by atoms with van der Waals surface area (Å²) in [6.07, 6.45) is 3.28. The molecule has 2 atom stereocenters. The van der Waals surface area contributed by atoms with Crippen LogP contribution in [0.3, 0.4) is 0 Å². The van der Waals surface area contributed by atoms with Gasteiger partial charge in [0.15, 0.2) is 5.82 Å². The molecule has 0 aliphatic carbocycles. The van der Waals surface area contributed by atoms with E-state index in [4.69, 9.17) is 4.74 Å². The third-order valence-electron chi connectivity index (χ3n) is 4.34. The summed E-state index contributed by atoms with van der Waals surface area (Å²) in [5.74, 6) is 0.0109. The van der Waals surface area contributed by atoms with E-state index in [1.165, 1.54) is 6.07 Å². The molecule has 0 spiro atoms. The summed E-state index contributed by atoms with van der Waals surface area (Å²) >= 11 is 1.15. The number of rotatable bonds is 5. The Morgan fingerprint density at radius 3 is 2.86 bits per heavy atom. The van der Waals surface area contributed by atoms with Crippen LogP contribution in [0.4, 0.5) is 5.69 Å². The van der Waals surface area contributed by atoms with Gasteiger partial charge in [-0.3, -0.25) is 19.9 Å². The lowest BCUT2D eigenvalue weighted by atomic mass is 10.0. The number of nitrogens with zero attached hydrogens (tertiary/aromatic N) is 5. The second-order valence-electron chi connectivity index (χ2n) is 6.10. The maximum atomic E-state index is 12.6. The van der Waals surface area contributed by atoms with E-state index in [-0.39, 0.29) is 12.3 Å². The van der Waals surface area contributed by atoms with Crippen molar-refractivity contribution < 1.29 is 14.5 Å². The van der Waals surface area contributed by atoms with Crippen molar-refractivity contribution in [1.82, 2.24) is 19.9 Å². The lowest BCUT2D eigenvalue weighted by Gasteiger charge is -2.32. The number of hydrogen-bond acceptors (Lipinski definition) is 9. The number of carbonyl (C=O) groups excluding carboxylic acids is 1. The van der Waals surface area contributed by atoms with Gasteiger partial charge in [-0.15, -0.1) is 10.2 Å². The first-order chi connectivity index (χ1) is 14.1. The van der Waals surface area contributed by atoms with Crippen molar-refractivity contribution in [3.63, 3.8) is 0 Å². The summed E-state index contributed by atoms with van der Waals surface area (Å²) in [5, 5.41) is 19.6. The standard InChI is InChI=1S/C18H16N6O4S/c1-2-28-17(25)15-14(12-7-3-4-8-13(12)24(26)27)22-23-16(20-21-18(23)29-15)11-6-5-9-19-10-11/h3-10,14-15,22H,2H2,1H3/t14-,15-/m1/s1. The van der Waals surface area contributed by atoms with Crippen molar-refractivity contribution in [3.8, 4) is 11.4 Å². The van der Waals surface area contributed by atoms with Gasteiger partial charge in [0, 0.05) is 24.0 Å². The smallest absolute Gasteiger partial charge is 0.322 e. The van der Waals surface area contributed by atoms with E-state index in [2.05, 4.69) is 20.6 Å². The molecule has 1 aliphatic heterocycles. The Morgan fingerprint density at radius 2 is 2.14 bits per heavy atom. The van der Waals surface area contributed by atoms with E-state index >= 15 is 0 Å². The van der Waals surface area contributed by atoms with E-state index in [1.54, 1.807) is 48.3 Å². The van der Waals surface area contributed by atoms with Gasteiger partial charge in [-0.2, -0.15) is 0 Å². The SMILES string of the molecule is CCOC(=O)[C@@H]1Sc2nnc(-c3cccnc3)n2N[C@@H]1c1ccccc1[N+](=O)[O-]. The molecule has 1 N–H and O–H groups in total. The van der Waals surface area contributed by atoms with Crippen LogP contribution < -0.4 is 5.43 Å². The predicted octanol–water partition coefficient (Wildman–Crippen LogP) is 2.57. The van der Waals surface area contributed by atoms with E-state index in [9.17, 15) is 14.9 Å². The Morgan fingerprint density at radius 1 is 1.31 bits per heavy atom. The van der Waals surface area contributed by atoms with Crippen molar-refractivity contribution in [2.75, 3.05) is 12.0 Å². The fraction of sp³-hybridized carbons (Fsp3) is 0.222. The molecule has 1 aliphatic rings. The number of nitro benzene ring substituents is 1.